The lowest BCUT2D eigenvalue weighted by Crippen LogP contribution is -2.22. The van der Waals surface area contributed by atoms with Crippen molar-refractivity contribution < 1.29 is 5.11 Å². The fourth-order valence-electron chi connectivity index (χ4n) is 2.15. The largest absolute Gasteiger partial charge is 0.393 e. The van der Waals surface area contributed by atoms with E-state index in [9.17, 15) is 5.11 Å². The van der Waals surface area contributed by atoms with Crippen LogP contribution in [-0.2, 0) is 0 Å². The first-order valence-corrected chi connectivity index (χ1v) is 6.19. The number of aliphatic hydroxyl groups is 1. The zero-order chi connectivity index (χ0) is 10.2. The number of aliphatic hydroxyl groups excluding tert-OH is 1. The standard InChI is InChI=1S/C13H24O/c1-2-3-4-5-6-9-12-10-7-8-11-13(12)14/h6,9,12-14H,2-5,7-8,10-11H2,1H3/b9-6+/t12-,13-/m1/s1. The van der Waals surface area contributed by atoms with Gasteiger partial charge in [-0.2, -0.15) is 0 Å². The molecule has 14 heavy (non-hydrogen) atoms. The van der Waals surface area contributed by atoms with Gasteiger partial charge < -0.3 is 5.11 Å². The molecule has 1 N–H and O–H groups in total. The Balaban J connectivity index is 2.14. The zero-order valence-corrected chi connectivity index (χ0v) is 9.41. The predicted octanol–water partition coefficient (Wildman–Crippen LogP) is 3.67. The third kappa shape index (κ3) is 4.28. The molecular weight excluding hydrogens is 172 g/mol. The van der Waals surface area contributed by atoms with Gasteiger partial charge in [0.1, 0.15) is 0 Å². The van der Waals surface area contributed by atoms with Crippen LogP contribution in [0.25, 0.3) is 0 Å². The minimum Gasteiger partial charge on any atom is -0.393 e. The lowest BCUT2D eigenvalue weighted by Gasteiger charge is -2.24. The summed E-state index contributed by atoms with van der Waals surface area (Å²) >= 11 is 0. The van der Waals surface area contributed by atoms with Gasteiger partial charge in [-0.15, -0.1) is 0 Å². The Hall–Kier alpha value is -0.300. The maximum Gasteiger partial charge on any atom is 0.0602 e. The molecule has 0 heterocycles. The molecule has 0 aromatic heterocycles. The van der Waals surface area contributed by atoms with Gasteiger partial charge in [0, 0.05) is 5.92 Å². The molecular formula is C13H24O. The molecule has 1 rings (SSSR count). The summed E-state index contributed by atoms with van der Waals surface area (Å²) in [6, 6.07) is 0. The molecule has 0 aliphatic heterocycles. The lowest BCUT2D eigenvalue weighted by molar-refractivity contribution is 0.0926. The van der Waals surface area contributed by atoms with Gasteiger partial charge >= 0.3 is 0 Å². The van der Waals surface area contributed by atoms with Gasteiger partial charge in [-0.25, -0.2) is 0 Å². The molecule has 0 aromatic carbocycles. The molecule has 1 aliphatic carbocycles. The number of rotatable bonds is 5. The third-order valence-corrected chi connectivity index (χ3v) is 3.14. The van der Waals surface area contributed by atoms with Gasteiger partial charge in [0.05, 0.1) is 6.10 Å². The summed E-state index contributed by atoms with van der Waals surface area (Å²) in [6.45, 7) is 2.23. The molecule has 0 bridgehead atoms. The highest BCUT2D eigenvalue weighted by atomic mass is 16.3. The van der Waals surface area contributed by atoms with Crippen LogP contribution in [0.1, 0.15) is 58.3 Å². The van der Waals surface area contributed by atoms with Crippen LogP contribution in [0.3, 0.4) is 0 Å². The predicted molar refractivity (Wildman–Crippen MR) is 61.2 cm³/mol. The van der Waals surface area contributed by atoms with E-state index in [1.807, 2.05) is 0 Å². The maximum absolute atomic E-state index is 9.72. The highest BCUT2D eigenvalue weighted by Crippen LogP contribution is 2.25. The molecule has 0 aromatic rings. The topological polar surface area (TPSA) is 20.2 Å². The summed E-state index contributed by atoms with van der Waals surface area (Å²) in [5.41, 5.74) is 0. The van der Waals surface area contributed by atoms with E-state index in [4.69, 9.17) is 0 Å². The van der Waals surface area contributed by atoms with Crippen molar-refractivity contribution >= 4 is 0 Å². The Morgan fingerprint density at radius 2 is 2.00 bits per heavy atom. The van der Waals surface area contributed by atoms with Gasteiger partial charge in [-0.05, 0) is 25.7 Å². The Morgan fingerprint density at radius 1 is 1.21 bits per heavy atom. The molecule has 1 nitrogen and oxygen atoms in total. The average molecular weight is 196 g/mol. The second kappa shape index (κ2) is 7.05. The number of hydrogen-bond donors (Lipinski definition) is 1. The van der Waals surface area contributed by atoms with Crippen molar-refractivity contribution in [2.75, 3.05) is 0 Å². The molecule has 0 radical (unpaired) electrons. The number of hydrogen-bond acceptors (Lipinski definition) is 1. The Kier molecular flexibility index (Phi) is 5.93. The van der Waals surface area contributed by atoms with Crippen LogP contribution in [0.15, 0.2) is 12.2 Å². The minimum atomic E-state index is -0.0637. The average Bonchev–Trinajstić information content (AvgIpc) is 2.20. The quantitative estimate of drug-likeness (QED) is 0.525. The lowest BCUT2D eigenvalue weighted by atomic mass is 9.86. The van der Waals surface area contributed by atoms with Crippen LogP contribution in [0, 0.1) is 5.92 Å². The third-order valence-electron chi connectivity index (χ3n) is 3.14. The van der Waals surface area contributed by atoms with Crippen LogP contribution < -0.4 is 0 Å². The SMILES string of the molecule is CCCCC/C=C/[C@@H]1CCCC[C@H]1O. The van der Waals surface area contributed by atoms with Crippen molar-refractivity contribution in [3.63, 3.8) is 0 Å². The zero-order valence-electron chi connectivity index (χ0n) is 9.41. The Labute approximate surface area is 88.2 Å². The fourth-order valence-corrected chi connectivity index (χ4v) is 2.15. The molecule has 0 spiro atoms. The smallest absolute Gasteiger partial charge is 0.0602 e. The maximum atomic E-state index is 9.72. The first-order chi connectivity index (χ1) is 6.84. The minimum absolute atomic E-state index is 0.0637. The van der Waals surface area contributed by atoms with Crippen LogP contribution in [-0.4, -0.2) is 11.2 Å². The van der Waals surface area contributed by atoms with E-state index >= 15 is 0 Å². The number of allylic oxidation sites excluding steroid dienone is 1. The molecule has 1 fully saturated rings. The first kappa shape index (κ1) is 11.8. The van der Waals surface area contributed by atoms with Crippen LogP contribution >= 0.6 is 0 Å². The second-order valence-electron chi connectivity index (χ2n) is 4.44. The highest BCUT2D eigenvalue weighted by Gasteiger charge is 2.19. The molecule has 1 aliphatic rings. The van der Waals surface area contributed by atoms with Gasteiger partial charge in [-0.1, -0.05) is 44.8 Å². The molecule has 1 saturated carbocycles. The van der Waals surface area contributed by atoms with Crippen molar-refractivity contribution in [2.45, 2.75) is 64.4 Å². The Bertz CT molecular complexity index is 163. The van der Waals surface area contributed by atoms with Crippen LogP contribution in [0.4, 0.5) is 0 Å². The summed E-state index contributed by atoms with van der Waals surface area (Å²) < 4.78 is 0. The van der Waals surface area contributed by atoms with E-state index in [1.165, 1.54) is 44.9 Å². The van der Waals surface area contributed by atoms with Crippen molar-refractivity contribution in [1.29, 1.82) is 0 Å². The summed E-state index contributed by atoms with van der Waals surface area (Å²) in [5.74, 6) is 0.449. The van der Waals surface area contributed by atoms with Gasteiger partial charge in [-0.3, -0.25) is 0 Å². The molecule has 0 unspecified atom stereocenters. The molecule has 0 saturated heterocycles. The number of unbranched alkanes of at least 4 members (excludes halogenated alkanes) is 3. The van der Waals surface area contributed by atoms with Crippen molar-refractivity contribution in [1.82, 2.24) is 0 Å². The van der Waals surface area contributed by atoms with Crippen molar-refractivity contribution in [3.8, 4) is 0 Å². The van der Waals surface area contributed by atoms with Crippen LogP contribution in [0.5, 0.6) is 0 Å². The van der Waals surface area contributed by atoms with Gasteiger partial charge in [0.15, 0.2) is 0 Å². The summed E-state index contributed by atoms with van der Waals surface area (Å²) in [6.07, 6.45) is 14.3. The van der Waals surface area contributed by atoms with E-state index in [1.54, 1.807) is 0 Å². The van der Waals surface area contributed by atoms with E-state index in [0.717, 1.165) is 6.42 Å². The summed E-state index contributed by atoms with van der Waals surface area (Å²) in [5, 5.41) is 9.72. The first-order valence-electron chi connectivity index (χ1n) is 6.19. The van der Waals surface area contributed by atoms with Crippen LogP contribution in [0.2, 0.25) is 0 Å². The second-order valence-corrected chi connectivity index (χ2v) is 4.44. The fraction of sp³-hybridized carbons (Fsp3) is 0.846. The molecule has 2 atom stereocenters. The van der Waals surface area contributed by atoms with E-state index in [-0.39, 0.29) is 6.10 Å². The van der Waals surface area contributed by atoms with E-state index < -0.39 is 0 Å². The van der Waals surface area contributed by atoms with Crippen molar-refractivity contribution in [2.24, 2.45) is 5.92 Å². The Morgan fingerprint density at radius 3 is 2.71 bits per heavy atom. The molecule has 82 valence electrons. The summed E-state index contributed by atoms with van der Waals surface area (Å²) in [7, 11) is 0. The van der Waals surface area contributed by atoms with Gasteiger partial charge in [0.2, 0.25) is 0 Å². The highest BCUT2D eigenvalue weighted by molar-refractivity contribution is 4.93. The van der Waals surface area contributed by atoms with Crippen molar-refractivity contribution in [3.05, 3.63) is 12.2 Å². The molecule has 1 heteroatoms. The normalized spacial score (nSPS) is 28.4. The van der Waals surface area contributed by atoms with E-state index in [2.05, 4.69) is 19.1 Å². The van der Waals surface area contributed by atoms with Gasteiger partial charge in [0.25, 0.3) is 0 Å². The molecule has 0 amide bonds. The van der Waals surface area contributed by atoms with E-state index in [0.29, 0.717) is 5.92 Å². The monoisotopic (exact) mass is 196 g/mol. The summed E-state index contributed by atoms with van der Waals surface area (Å²) in [4.78, 5) is 0.